The Balaban J connectivity index is 1.97. The van der Waals surface area contributed by atoms with E-state index in [0.717, 1.165) is 11.3 Å². The molecule has 2 N–H and O–H groups in total. The van der Waals surface area contributed by atoms with E-state index in [9.17, 15) is 4.79 Å². The normalized spacial score (nSPS) is 17.0. The SMILES string of the molecule is CC(C)[C@H]1COc2cc(C(=O)NO)ccc2CN1c1cccnc1. The van der Waals surface area contributed by atoms with E-state index in [1.165, 1.54) is 0 Å². The highest BCUT2D eigenvalue weighted by Crippen LogP contribution is 2.31. The number of hydrogen-bond acceptors (Lipinski definition) is 5. The lowest BCUT2D eigenvalue weighted by molar-refractivity contribution is 0.0706. The third kappa shape index (κ3) is 3.19. The fourth-order valence-electron chi connectivity index (χ4n) is 2.95. The molecule has 1 atom stereocenters. The Morgan fingerprint density at radius 1 is 1.42 bits per heavy atom. The van der Waals surface area contributed by atoms with Crippen LogP contribution in [0, 0.1) is 5.92 Å². The molecule has 3 rings (SSSR count). The van der Waals surface area contributed by atoms with Crippen LogP contribution in [-0.4, -0.2) is 28.7 Å². The summed E-state index contributed by atoms with van der Waals surface area (Å²) in [5, 5.41) is 8.80. The summed E-state index contributed by atoms with van der Waals surface area (Å²) in [6.45, 7) is 5.52. The molecule has 1 aromatic heterocycles. The summed E-state index contributed by atoms with van der Waals surface area (Å²) in [6, 6.07) is 9.38. The average molecular weight is 327 g/mol. The molecule has 2 heterocycles. The first kappa shape index (κ1) is 16.3. The molecule has 6 nitrogen and oxygen atoms in total. The van der Waals surface area contributed by atoms with Gasteiger partial charge in [0.2, 0.25) is 0 Å². The van der Waals surface area contributed by atoms with Crippen molar-refractivity contribution >= 4 is 11.6 Å². The standard InChI is InChI=1S/C18H21N3O3/c1-12(2)16-11-24-17-8-13(18(22)20-23)5-6-14(17)10-21(16)15-4-3-7-19-9-15/h3-9,12,16,23H,10-11H2,1-2H3,(H,20,22)/t16-/m1/s1. The molecule has 0 aliphatic carbocycles. The van der Waals surface area contributed by atoms with E-state index in [1.54, 1.807) is 23.8 Å². The molecule has 0 saturated heterocycles. The van der Waals surface area contributed by atoms with Crippen LogP contribution >= 0.6 is 0 Å². The molecule has 0 bridgehead atoms. The number of carbonyl (C=O) groups excluding carboxylic acids is 1. The topological polar surface area (TPSA) is 74.7 Å². The third-order valence-electron chi connectivity index (χ3n) is 4.33. The second kappa shape index (κ2) is 6.88. The number of ether oxygens (including phenoxy) is 1. The number of amides is 1. The second-order valence-corrected chi connectivity index (χ2v) is 6.22. The zero-order valence-electron chi connectivity index (χ0n) is 13.8. The lowest BCUT2D eigenvalue weighted by atomic mass is 10.0. The molecular formula is C18H21N3O3. The van der Waals surface area contributed by atoms with Gasteiger partial charge in [-0.25, -0.2) is 5.48 Å². The zero-order chi connectivity index (χ0) is 17.1. The molecule has 1 aliphatic rings. The van der Waals surface area contributed by atoms with Crippen molar-refractivity contribution in [1.29, 1.82) is 0 Å². The first-order valence-corrected chi connectivity index (χ1v) is 7.97. The molecule has 1 amide bonds. The molecule has 1 aromatic carbocycles. The maximum absolute atomic E-state index is 11.6. The summed E-state index contributed by atoms with van der Waals surface area (Å²) < 4.78 is 5.99. The van der Waals surface area contributed by atoms with Crippen LogP contribution in [-0.2, 0) is 6.54 Å². The molecule has 0 radical (unpaired) electrons. The number of hydroxylamine groups is 1. The van der Waals surface area contributed by atoms with E-state index in [1.807, 2.05) is 24.4 Å². The highest BCUT2D eigenvalue weighted by Gasteiger charge is 2.28. The summed E-state index contributed by atoms with van der Waals surface area (Å²) in [5.41, 5.74) is 4.06. The quantitative estimate of drug-likeness (QED) is 0.669. The minimum absolute atomic E-state index is 0.191. The zero-order valence-corrected chi connectivity index (χ0v) is 13.8. The van der Waals surface area contributed by atoms with Gasteiger partial charge in [-0.2, -0.15) is 0 Å². The van der Waals surface area contributed by atoms with E-state index < -0.39 is 5.91 Å². The van der Waals surface area contributed by atoms with Gasteiger partial charge < -0.3 is 9.64 Å². The van der Waals surface area contributed by atoms with Crippen molar-refractivity contribution in [3.8, 4) is 5.75 Å². The molecule has 0 fully saturated rings. The van der Waals surface area contributed by atoms with Crippen molar-refractivity contribution in [2.45, 2.75) is 26.4 Å². The van der Waals surface area contributed by atoms with E-state index in [2.05, 4.69) is 23.7 Å². The van der Waals surface area contributed by atoms with Crippen LogP contribution in [0.2, 0.25) is 0 Å². The molecule has 2 aromatic rings. The number of carbonyl (C=O) groups is 1. The van der Waals surface area contributed by atoms with Crippen LogP contribution in [0.1, 0.15) is 29.8 Å². The first-order valence-electron chi connectivity index (χ1n) is 7.97. The van der Waals surface area contributed by atoms with Gasteiger partial charge in [0.15, 0.2) is 0 Å². The van der Waals surface area contributed by atoms with Gasteiger partial charge in [0.25, 0.3) is 5.91 Å². The lowest BCUT2D eigenvalue weighted by Crippen LogP contribution is -2.41. The molecule has 126 valence electrons. The molecule has 24 heavy (non-hydrogen) atoms. The summed E-state index contributed by atoms with van der Waals surface area (Å²) in [4.78, 5) is 18.1. The minimum Gasteiger partial charge on any atom is -0.491 e. The monoisotopic (exact) mass is 327 g/mol. The summed E-state index contributed by atoms with van der Waals surface area (Å²) in [7, 11) is 0. The summed E-state index contributed by atoms with van der Waals surface area (Å²) in [6.07, 6.45) is 3.61. The Morgan fingerprint density at radius 3 is 2.92 bits per heavy atom. The molecular weight excluding hydrogens is 306 g/mol. The summed E-state index contributed by atoms with van der Waals surface area (Å²) in [5.74, 6) is 0.517. The fraction of sp³-hybridized carbons (Fsp3) is 0.333. The number of anilines is 1. The minimum atomic E-state index is -0.546. The van der Waals surface area contributed by atoms with Gasteiger partial charge in [0.1, 0.15) is 12.4 Å². The number of rotatable bonds is 3. The maximum atomic E-state index is 11.6. The average Bonchev–Trinajstić information content (AvgIpc) is 2.80. The van der Waals surface area contributed by atoms with Crippen molar-refractivity contribution in [3.05, 3.63) is 53.9 Å². The molecule has 6 heteroatoms. The molecule has 0 unspecified atom stereocenters. The van der Waals surface area contributed by atoms with Gasteiger partial charge in [-0.3, -0.25) is 15.0 Å². The summed E-state index contributed by atoms with van der Waals surface area (Å²) >= 11 is 0. The van der Waals surface area contributed by atoms with Gasteiger partial charge >= 0.3 is 0 Å². The van der Waals surface area contributed by atoms with Crippen molar-refractivity contribution < 1.29 is 14.7 Å². The van der Waals surface area contributed by atoms with Gasteiger partial charge in [-0.15, -0.1) is 0 Å². The van der Waals surface area contributed by atoms with E-state index >= 15 is 0 Å². The molecule has 1 aliphatic heterocycles. The third-order valence-corrected chi connectivity index (χ3v) is 4.33. The number of benzene rings is 1. The number of nitrogens with zero attached hydrogens (tertiary/aromatic N) is 2. The van der Waals surface area contributed by atoms with Crippen LogP contribution in [0.4, 0.5) is 5.69 Å². The predicted octanol–water partition coefficient (Wildman–Crippen LogP) is 2.62. The highest BCUT2D eigenvalue weighted by molar-refractivity contribution is 5.93. The maximum Gasteiger partial charge on any atom is 0.274 e. The number of fused-ring (bicyclic) bond motifs is 1. The van der Waals surface area contributed by atoms with Crippen LogP contribution in [0.3, 0.4) is 0 Å². The first-order chi connectivity index (χ1) is 11.6. The van der Waals surface area contributed by atoms with E-state index in [0.29, 0.717) is 30.4 Å². The van der Waals surface area contributed by atoms with Crippen LogP contribution in [0.25, 0.3) is 0 Å². The Hall–Kier alpha value is -2.60. The predicted molar refractivity (Wildman–Crippen MR) is 90.2 cm³/mol. The van der Waals surface area contributed by atoms with Crippen LogP contribution in [0.5, 0.6) is 5.75 Å². The van der Waals surface area contributed by atoms with Crippen molar-refractivity contribution in [3.63, 3.8) is 0 Å². The van der Waals surface area contributed by atoms with Crippen LogP contribution < -0.4 is 15.1 Å². The molecule has 0 saturated carbocycles. The van der Waals surface area contributed by atoms with Crippen LogP contribution in [0.15, 0.2) is 42.7 Å². The lowest BCUT2D eigenvalue weighted by Gasteiger charge is -2.33. The number of hydrogen-bond donors (Lipinski definition) is 2. The van der Waals surface area contributed by atoms with Crippen molar-refractivity contribution in [2.24, 2.45) is 5.92 Å². The van der Waals surface area contributed by atoms with Gasteiger partial charge in [0.05, 0.1) is 17.9 Å². The Morgan fingerprint density at radius 2 is 2.25 bits per heavy atom. The fourth-order valence-corrected chi connectivity index (χ4v) is 2.95. The second-order valence-electron chi connectivity index (χ2n) is 6.22. The number of aromatic nitrogens is 1. The smallest absolute Gasteiger partial charge is 0.274 e. The van der Waals surface area contributed by atoms with E-state index in [4.69, 9.17) is 9.94 Å². The Bertz CT molecular complexity index is 719. The largest absolute Gasteiger partial charge is 0.491 e. The number of nitrogens with one attached hydrogen (secondary N) is 1. The highest BCUT2D eigenvalue weighted by atomic mass is 16.5. The van der Waals surface area contributed by atoms with Crippen molar-refractivity contribution in [2.75, 3.05) is 11.5 Å². The van der Waals surface area contributed by atoms with E-state index in [-0.39, 0.29) is 6.04 Å². The van der Waals surface area contributed by atoms with Gasteiger partial charge in [0, 0.05) is 23.9 Å². The Kier molecular flexibility index (Phi) is 4.66. The Labute approximate surface area is 141 Å². The van der Waals surface area contributed by atoms with Crippen molar-refractivity contribution in [1.82, 2.24) is 10.5 Å². The number of pyridine rings is 1. The van der Waals surface area contributed by atoms with Gasteiger partial charge in [-0.1, -0.05) is 19.9 Å². The molecule has 0 spiro atoms. The van der Waals surface area contributed by atoms with Gasteiger partial charge in [-0.05, 0) is 30.2 Å².